The summed E-state index contributed by atoms with van der Waals surface area (Å²) in [5.41, 5.74) is 0. The van der Waals surface area contributed by atoms with E-state index in [1.807, 2.05) is 0 Å². The largest absolute Gasteiger partial charge is 0.314 e. The van der Waals surface area contributed by atoms with E-state index in [9.17, 15) is 0 Å². The molecular formula is C17H34N2. The maximum absolute atomic E-state index is 3.83. The first-order valence-electron chi connectivity index (χ1n) is 8.75. The average Bonchev–Trinajstić information content (AvgIpc) is 2.86. The molecule has 0 aromatic rings. The van der Waals surface area contributed by atoms with Crippen LogP contribution in [-0.2, 0) is 0 Å². The normalized spacial score (nSPS) is 29.8. The van der Waals surface area contributed by atoms with Gasteiger partial charge in [0.2, 0.25) is 0 Å². The summed E-state index contributed by atoms with van der Waals surface area (Å²) < 4.78 is 0. The Kier molecular flexibility index (Phi) is 6.66. The van der Waals surface area contributed by atoms with Crippen molar-refractivity contribution in [1.29, 1.82) is 0 Å². The van der Waals surface area contributed by atoms with Gasteiger partial charge in [-0.15, -0.1) is 0 Å². The van der Waals surface area contributed by atoms with E-state index in [0.29, 0.717) is 0 Å². The molecule has 0 bridgehead atoms. The Morgan fingerprint density at radius 2 is 1.63 bits per heavy atom. The lowest BCUT2D eigenvalue weighted by atomic mass is 9.93. The van der Waals surface area contributed by atoms with E-state index in [0.717, 1.165) is 18.0 Å². The molecule has 2 saturated carbocycles. The van der Waals surface area contributed by atoms with Crippen molar-refractivity contribution in [1.82, 2.24) is 10.2 Å². The van der Waals surface area contributed by atoms with Crippen LogP contribution in [-0.4, -0.2) is 37.1 Å². The molecule has 0 spiro atoms. The minimum absolute atomic E-state index is 0.784. The molecule has 2 fully saturated rings. The lowest BCUT2D eigenvalue weighted by Gasteiger charge is -2.33. The smallest absolute Gasteiger partial charge is 0.0107 e. The first kappa shape index (κ1) is 15.3. The number of hydrogen-bond acceptors (Lipinski definition) is 2. The number of nitrogens with one attached hydrogen (secondary N) is 1. The molecule has 1 N–H and O–H groups in total. The summed E-state index contributed by atoms with van der Waals surface area (Å²) in [5, 5.41) is 3.83. The minimum Gasteiger partial charge on any atom is -0.314 e. The van der Waals surface area contributed by atoms with Gasteiger partial charge in [-0.3, -0.25) is 0 Å². The van der Waals surface area contributed by atoms with Crippen LogP contribution in [0.5, 0.6) is 0 Å². The van der Waals surface area contributed by atoms with Crippen LogP contribution in [0.1, 0.15) is 71.1 Å². The molecule has 0 aliphatic heterocycles. The Labute approximate surface area is 120 Å². The molecular weight excluding hydrogens is 232 g/mol. The predicted molar refractivity (Wildman–Crippen MR) is 83.5 cm³/mol. The van der Waals surface area contributed by atoms with E-state index < -0.39 is 0 Å². The van der Waals surface area contributed by atoms with Crippen LogP contribution in [0.3, 0.4) is 0 Å². The second-order valence-electron chi connectivity index (χ2n) is 6.84. The van der Waals surface area contributed by atoms with E-state index in [1.165, 1.54) is 77.3 Å². The van der Waals surface area contributed by atoms with Crippen molar-refractivity contribution in [2.75, 3.05) is 20.1 Å². The fourth-order valence-electron chi connectivity index (χ4n) is 4.07. The highest BCUT2D eigenvalue weighted by molar-refractivity contribution is 4.84. The van der Waals surface area contributed by atoms with Crippen LogP contribution in [0.15, 0.2) is 0 Å². The van der Waals surface area contributed by atoms with Gasteiger partial charge in [0.1, 0.15) is 0 Å². The summed E-state index contributed by atoms with van der Waals surface area (Å²) >= 11 is 0. The first-order chi connectivity index (χ1) is 9.31. The van der Waals surface area contributed by atoms with Crippen LogP contribution in [0.2, 0.25) is 0 Å². The zero-order valence-electron chi connectivity index (χ0n) is 13.2. The maximum atomic E-state index is 3.83. The van der Waals surface area contributed by atoms with Crippen LogP contribution < -0.4 is 5.32 Å². The van der Waals surface area contributed by atoms with Gasteiger partial charge in [-0.05, 0) is 51.6 Å². The molecule has 2 nitrogen and oxygen atoms in total. The molecule has 0 heterocycles. The van der Waals surface area contributed by atoms with E-state index in [4.69, 9.17) is 0 Å². The van der Waals surface area contributed by atoms with Gasteiger partial charge in [0.05, 0.1) is 0 Å². The van der Waals surface area contributed by atoms with Crippen molar-refractivity contribution in [2.45, 2.75) is 83.2 Å². The topological polar surface area (TPSA) is 15.3 Å². The summed E-state index contributed by atoms with van der Waals surface area (Å²) in [6.07, 6.45) is 14.2. The van der Waals surface area contributed by atoms with Crippen molar-refractivity contribution in [2.24, 2.45) is 5.92 Å². The monoisotopic (exact) mass is 266 g/mol. The Bertz CT molecular complexity index is 235. The van der Waals surface area contributed by atoms with Crippen molar-refractivity contribution in [3.05, 3.63) is 0 Å². The Balaban J connectivity index is 1.85. The molecule has 112 valence electrons. The van der Waals surface area contributed by atoms with Gasteiger partial charge in [0.25, 0.3) is 0 Å². The summed E-state index contributed by atoms with van der Waals surface area (Å²) in [5.74, 6) is 0.889. The van der Waals surface area contributed by atoms with Crippen molar-refractivity contribution >= 4 is 0 Å². The summed E-state index contributed by atoms with van der Waals surface area (Å²) in [4.78, 5) is 2.68. The molecule has 2 unspecified atom stereocenters. The van der Waals surface area contributed by atoms with Crippen molar-refractivity contribution < 1.29 is 0 Å². The highest BCUT2D eigenvalue weighted by atomic mass is 15.1. The van der Waals surface area contributed by atoms with Crippen molar-refractivity contribution in [3.8, 4) is 0 Å². The molecule has 2 atom stereocenters. The molecule has 2 heteroatoms. The summed E-state index contributed by atoms with van der Waals surface area (Å²) in [6.45, 7) is 4.81. The van der Waals surface area contributed by atoms with Gasteiger partial charge >= 0.3 is 0 Å². The SMILES string of the molecule is CCCNC1CCCCCC1CN(C)C1CCCC1. The zero-order chi connectivity index (χ0) is 13.5. The van der Waals surface area contributed by atoms with Gasteiger partial charge in [-0.1, -0.05) is 39.0 Å². The highest BCUT2D eigenvalue weighted by Crippen LogP contribution is 2.28. The zero-order valence-corrected chi connectivity index (χ0v) is 13.2. The van der Waals surface area contributed by atoms with Crippen LogP contribution in [0.25, 0.3) is 0 Å². The van der Waals surface area contributed by atoms with Crippen LogP contribution in [0.4, 0.5) is 0 Å². The van der Waals surface area contributed by atoms with Gasteiger partial charge in [0, 0.05) is 18.6 Å². The fraction of sp³-hybridized carbons (Fsp3) is 1.00. The summed E-state index contributed by atoms with van der Waals surface area (Å²) in [7, 11) is 2.37. The lowest BCUT2D eigenvalue weighted by Crippen LogP contribution is -2.43. The fourth-order valence-corrected chi connectivity index (χ4v) is 4.07. The minimum atomic E-state index is 0.784. The van der Waals surface area contributed by atoms with E-state index >= 15 is 0 Å². The molecule has 2 aliphatic rings. The molecule has 2 rings (SSSR count). The van der Waals surface area contributed by atoms with E-state index in [2.05, 4.69) is 24.2 Å². The number of hydrogen-bond donors (Lipinski definition) is 1. The van der Waals surface area contributed by atoms with Gasteiger partial charge in [-0.25, -0.2) is 0 Å². The van der Waals surface area contributed by atoms with Crippen LogP contribution >= 0.6 is 0 Å². The third kappa shape index (κ3) is 4.75. The quantitative estimate of drug-likeness (QED) is 0.736. The Hall–Kier alpha value is -0.0800. The number of rotatable bonds is 6. The first-order valence-corrected chi connectivity index (χ1v) is 8.75. The molecule has 0 saturated heterocycles. The maximum Gasteiger partial charge on any atom is 0.0107 e. The second kappa shape index (κ2) is 8.26. The van der Waals surface area contributed by atoms with Gasteiger partial charge in [0.15, 0.2) is 0 Å². The molecule has 19 heavy (non-hydrogen) atoms. The summed E-state index contributed by atoms with van der Waals surface area (Å²) in [6, 6.07) is 1.67. The molecule has 2 aliphatic carbocycles. The van der Waals surface area contributed by atoms with E-state index in [1.54, 1.807) is 0 Å². The average molecular weight is 266 g/mol. The third-order valence-corrected chi connectivity index (χ3v) is 5.29. The molecule has 0 radical (unpaired) electrons. The third-order valence-electron chi connectivity index (χ3n) is 5.29. The van der Waals surface area contributed by atoms with Crippen LogP contribution in [0, 0.1) is 5.92 Å². The second-order valence-corrected chi connectivity index (χ2v) is 6.84. The number of nitrogens with zero attached hydrogens (tertiary/aromatic N) is 1. The molecule has 0 aromatic carbocycles. The van der Waals surface area contributed by atoms with E-state index in [-0.39, 0.29) is 0 Å². The van der Waals surface area contributed by atoms with Gasteiger partial charge < -0.3 is 10.2 Å². The molecule has 0 aromatic heterocycles. The lowest BCUT2D eigenvalue weighted by molar-refractivity contribution is 0.177. The predicted octanol–water partition coefficient (Wildman–Crippen LogP) is 3.81. The highest BCUT2D eigenvalue weighted by Gasteiger charge is 2.27. The van der Waals surface area contributed by atoms with Crippen molar-refractivity contribution in [3.63, 3.8) is 0 Å². The Morgan fingerprint density at radius 3 is 2.37 bits per heavy atom. The molecule has 0 amide bonds. The Morgan fingerprint density at radius 1 is 0.947 bits per heavy atom. The van der Waals surface area contributed by atoms with Gasteiger partial charge in [-0.2, -0.15) is 0 Å². The standard InChI is InChI=1S/C17H34N2/c1-3-13-18-17-12-6-4-5-9-15(17)14-19(2)16-10-7-8-11-16/h15-18H,3-14H2,1-2H3.